The number of aromatic nitrogens is 4. The summed E-state index contributed by atoms with van der Waals surface area (Å²) in [5.41, 5.74) is 22.2. The van der Waals surface area contributed by atoms with E-state index in [0.717, 1.165) is 93.6 Å². The zero-order valence-corrected chi connectivity index (χ0v) is 54.4. The Morgan fingerprint density at radius 2 is 0.510 bits per heavy atom. The summed E-state index contributed by atoms with van der Waals surface area (Å²) in [6.07, 6.45) is 3.76. The van der Waals surface area contributed by atoms with Gasteiger partial charge in [-0.15, -0.1) is 0 Å². The molecule has 0 bridgehead atoms. The molecule has 4 aromatic heterocycles. The molecule has 0 radical (unpaired) electrons. The molecule has 0 amide bonds. The highest BCUT2D eigenvalue weighted by molar-refractivity contribution is 6.19. The highest BCUT2D eigenvalue weighted by Gasteiger charge is 2.20. The van der Waals surface area contributed by atoms with Gasteiger partial charge in [0.15, 0.2) is 0 Å². The van der Waals surface area contributed by atoms with Crippen molar-refractivity contribution >= 4 is 108 Å². The lowest BCUT2D eigenvalue weighted by atomic mass is 9.90. The molecule has 16 aromatic carbocycles. The van der Waals surface area contributed by atoms with E-state index in [1.807, 2.05) is 24.5 Å². The van der Waals surface area contributed by atoms with Crippen molar-refractivity contribution in [2.45, 2.75) is 0 Å². The Morgan fingerprint density at radius 3 is 0.970 bits per heavy atom. The van der Waals surface area contributed by atoms with Crippen molar-refractivity contribution in [1.82, 2.24) is 19.9 Å². The summed E-state index contributed by atoms with van der Waals surface area (Å²) in [6.45, 7) is 0. The third-order valence-electron chi connectivity index (χ3n) is 20.1. The fourth-order valence-corrected chi connectivity index (χ4v) is 15.1. The van der Waals surface area contributed by atoms with E-state index in [0.29, 0.717) is 0 Å². The molecule has 0 saturated heterocycles. The van der Waals surface area contributed by atoms with Crippen molar-refractivity contribution in [3.05, 3.63) is 364 Å². The fourth-order valence-electron chi connectivity index (χ4n) is 15.1. The summed E-state index contributed by atoms with van der Waals surface area (Å²) in [4.78, 5) is 20.2. The predicted molar refractivity (Wildman–Crippen MR) is 423 cm³/mol. The number of benzene rings is 16. The molecule has 0 saturated carbocycles. The lowest BCUT2D eigenvalue weighted by Crippen LogP contribution is -1.94. The molecular weight excluding hydrogens is 1210 g/mol. The molecule has 464 valence electrons. The number of para-hydroxylation sites is 2. The second-order valence-corrected chi connectivity index (χ2v) is 26.0. The molecule has 0 spiro atoms. The van der Waals surface area contributed by atoms with E-state index < -0.39 is 0 Å². The Morgan fingerprint density at radius 1 is 0.160 bits per heavy atom. The first-order valence-electron chi connectivity index (χ1n) is 34.1. The average Bonchev–Trinajstić information content (AvgIpc) is 0.742. The van der Waals surface area contributed by atoms with E-state index in [1.165, 1.54) is 104 Å². The summed E-state index contributed by atoms with van der Waals surface area (Å²) >= 11 is 0. The van der Waals surface area contributed by atoms with Crippen LogP contribution in [0.2, 0.25) is 0 Å². The summed E-state index contributed by atoms with van der Waals surface area (Å²) < 4.78 is 0. The minimum atomic E-state index is 0.951. The van der Waals surface area contributed by atoms with Crippen molar-refractivity contribution in [1.29, 1.82) is 0 Å². The molecule has 0 atom stereocenters. The Kier molecular flexibility index (Phi) is 14.2. The minimum absolute atomic E-state index is 0.951. The second kappa shape index (κ2) is 24.4. The largest absolute Gasteiger partial charge is 0.256 e. The van der Waals surface area contributed by atoms with E-state index in [-0.39, 0.29) is 0 Å². The van der Waals surface area contributed by atoms with Crippen molar-refractivity contribution in [3.63, 3.8) is 0 Å². The van der Waals surface area contributed by atoms with Crippen molar-refractivity contribution in [3.8, 4) is 89.3 Å². The first kappa shape index (κ1) is 58.1. The smallest absolute Gasteiger partial charge is 0.0794 e. The van der Waals surface area contributed by atoms with Crippen LogP contribution in [0.25, 0.3) is 198 Å². The zero-order chi connectivity index (χ0) is 66.0. The predicted octanol–water partition coefficient (Wildman–Crippen LogP) is 25.8. The van der Waals surface area contributed by atoms with Gasteiger partial charge in [-0.25, -0.2) is 9.97 Å². The number of hydrogen-bond acceptors (Lipinski definition) is 4. The SMILES string of the molecule is c1ccc2cc(-c3cc4c(-c5ccc6ccccc6c5)cc(-c5ccc(-c6cccc7cccnc67)cc5)nc4c4ccccc34)ccc2c1.c1ccc2cc(-c3cc4c(-c5ccc6ccccc6c5)cc(-c5ccc(-c6ccnc7ccccc67)cc5)nc4c4ccccc34)ccc2c1. The van der Waals surface area contributed by atoms with Crippen LogP contribution in [0.15, 0.2) is 364 Å². The van der Waals surface area contributed by atoms with Crippen LogP contribution in [-0.2, 0) is 0 Å². The van der Waals surface area contributed by atoms with Crippen LogP contribution < -0.4 is 0 Å². The number of rotatable bonds is 8. The normalized spacial score (nSPS) is 11.6. The first-order chi connectivity index (χ1) is 49.5. The third-order valence-corrected chi connectivity index (χ3v) is 20.1. The molecule has 20 rings (SSSR count). The van der Waals surface area contributed by atoms with Gasteiger partial charge in [0, 0.05) is 61.4 Å². The number of fused-ring (bicyclic) bond motifs is 12. The van der Waals surface area contributed by atoms with Gasteiger partial charge >= 0.3 is 0 Å². The van der Waals surface area contributed by atoms with Gasteiger partial charge < -0.3 is 0 Å². The van der Waals surface area contributed by atoms with Gasteiger partial charge in [0.2, 0.25) is 0 Å². The van der Waals surface area contributed by atoms with Crippen molar-refractivity contribution < 1.29 is 0 Å². The summed E-state index contributed by atoms with van der Waals surface area (Å²) in [5, 5.41) is 19.1. The van der Waals surface area contributed by atoms with Gasteiger partial charge in [-0.2, -0.15) is 0 Å². The number of hydrogen-bond donors (Lipinski definition) is 0. The molecule has 0 aliphatic rings. The van der Waals surface area contributed by atoms with Gasteiger partial charge in [-0.1, -0.05) is 285 Å². The van der Waals surface area contributed by atoms with Crippen LogP contribution in [0.3, 0.4) is 0 Å². The van der Waals surface area contributed by atoms with Crippen LogP contribution in [0.5, 0.6) is 0 Å². The molecule has 0 unspecified atom stereocenters. The molecule has 0 fully saturated rings. The molecule has 20 aromatic rings. The number of pyridine rings is 4. The topological polar surface area (TPSA) is 51.6 Å². The van der Waals surface area contributed by atoms with Crippen molar-refractivity contribution in [2.24, 2.45) is 0 Å². The van der Waals surface area contributed by atoms with Gasteiger partial charge in [-0.3, -0.25) is 9.97 Å². The molecule has 100 heavy (non-hydrogen) atoms. The lowest BCUT2D eigenvalue weighted by molar-refractivity contribution is 1.40. The van der Waals surface area contributed by atoms with E-state index in [1.54, 1.807) is 0 Å². The van der Waals surface area contributed by atoms with Crippen LogP contribution >= 0.6 is 0 Å². The highest BCUT2D eigenvalue weighted by atomic mass is 14.7. The standard InChI is InChI=1S/2C48H30N2/c1-3-11-36-27-38(24-18-31(36)9-1)43-29-45-44(39-25-19-32-10-2-4-12-37(32)28-39)30-46(50-48(45)42-16-6-5-15-41(42)43)34-22-20-33(21-23-34)40-17-7-13-35-14-8-26-49-47(35)40;1-3-11-35-27-37(23-17-31(35)9-1)43-29-45-44(38-24-18-32-10-2-4-12-36(32)28-38)30-47(50-48(45)42-15-6-5-13-40(42)43)34-21-19-33(20-22-34)39-25-26-49-46-16-8-7-14-41(39)46/h2*1-30H. The molecule has 0 N–H and O–H groups in total. The minimum Gasteiger partial charge on any atom is -0.256 e. The third kappa shape index (κ3) is 10.4. The fraction of sp³-hybridized carbons (Fsp3) is 0. The average molecular weight is 1270 g/mol. The van der Waals surface area contributed by atoms with Crippen molar-refractivity contribution in [2.75, 3.05) is 0 Å². The van der Waals surface area contributed by atoms with E-state index >= 15 is 0 Å². The lowest BCUT2D eigenvalue weighted by Gasteiger charge is -2.16. The molecule has 0 aliphatic heterocycles. The first-order valence-corrected chi connectivity index (χ1v) is 34.1. The zero-order valence-electron chi connectivity index (χ0n) is 54.4. The highest BCUT2D eigenvalue weighted by Crippen LogP contribution is 2.45. The Labute approximate surface area is 578 Å². The maximum Gasteiger partial charge on any atom is 0.0794 e. The van der Waals surface area contributed by atoms with Crippen LogP contribution in [0, 0.1) is 0 Å². The summed E-state index contributed by atoms with van der Waals surface area (Å²) in [5.74, 6) is 0. The van der Waals surface area contributed by atoms with Gasteiger partial charge in [0.05, 0.1) is 33.5 Å². The van der Waals surface area contributed by atoms with Gasteiger partial charge in [0.25, 0.3) is 0 Å². The molecule has 4 nitrogen and oxygen atoms in total. The molecular formula is C96H60N4. The Balaban J connectivity index is 0.000000139. The molecule has 0 aliphatic carbocycles. The molecule has 4 heterocycles. The monoisotopic (exact) mass is 1270 g/mol. The van der Waals surface area contributed by atoms with Crippen LogP contribution in [0.1, 0.15) is 0 Å². The Hall–Kier alpha value is -13.3. The summed E-state index contributed by atoms with van der Waals surface area (Å²) in [7, 11) is 0. The second-order valence-electron chi connectivity index (χ2n) is 26.0. The Bertz CT molecular complexity index is 6240. The van der Waals surface area contributed by atoms with Gasteiger partial charge in [-0.05, 0) is 182 Å². The quantitative estimate of drug-likeness (QED) is 0.142. The maximum atomic E-state index is 5.45. The van der Waals surface area contributed by atoms with Crippen LogP contribution in [-0.4, -0.2) is 19.9 Å². The number of nitrogens with zero attached hydrogens (tertiary/aromatic N) is 4. The summed E-state index contributed by atoms with van der Waals surface area (Å²) in [6, 6.07) is 127. The van der Waals surface area contributed by atoms with E-state index in [4.69, 9.17) is 15.0 Å². The molecule has 4 heteroatoms. The van der Waals surface area contributed by atoms with Crippen LogP contribution in [0.4, 0.5) is 0 Å². The van der Waals surface area contributed by atoms with E-state index in [2.05, 4.69) is 345 Å². The maximum absolute atomic E-state index is 5.45. The van der Waals surface area contributed by atoms with Gasteiger partial charge in [0.1, 0.15) is 0 Å². The van der Waals surface area contributed by atoms with E-state index in [9.17, 15) is 0 Å².